The van der Waals surface area contributed by atoms with Crippen LogP contribution in [0.15, 0.2) is 48.9 Å². The topological polar surface area (TPSA) is 73.2 Å². The van der Waals surface area contributed by atoms with Crippen LogP contribution in [-0.4, -0.2) is 54.9 Å². The Labute approximate surface area is 192 Å². The van der Waals surface area contributed by atoms with Crippen LogP contribution < -0.4 is 0 Å². The summed E-state index contributed by atoms with van der Waals surface area (Å²) in [5, 5.41) is 8.38. The predicted octanol–water partition coefficient (Wildman–Crippen LogP) is 4.19. The molecule has 1 aliphatic rings. The average Bonchev–Trinajstić information content (AvgIpc) is 3.45. The molecule has 0 atom stereocenters. The molecule has 166 valence electrons. The van der Waals surface area contributed by atoms with Gasteiger partial charge in [0.1, 0.15) is 0 Å². The van der Waals surface area contributed by atoms with Gasteiger partial charge in [0.05, 0.1) is 48.7 Å². The highest BCUT2D eigenvalue weighted by Crippen LogP contribution is 2.30. The molecular weight excluding hydrogens is 414 g/mol. The maximum atomic E-state index is 13.5. The van der Waals surface area contributed by atoms with Gasteiger partial charge in [-0.15, -0.1) is 0 Å². The number of nitrogens with zero attached hydrogens (tertiary/aromatic N) is 7. The van der Waals surface area contributed by atoms with Crippen LogP contribution in [0.25, 0.3) is 21.6 Å². The van der Waals surface area contributed by atoms with Gasteiger partial charge in [0.15, 0.2) is 11.5 Å². The highest BCUT2D eigenvalue weighted by atomic mass is 16.1. The van der Waals surface area contributed by atoms with Crippen LogP contribution in [0.4, 0.5) is 5.69 Å². The van der Waals surface area contributed by atoms with E-state index in [-0.39, 0.29) is 5.78 Å². The number of piperidine rings is 1. The number of hydrogen-bond acceptors (Lipinski definition) is 5. The lowest BCUT2D eigenvalue weighted by Gasteiger charge is -2.25. The predicted molar refractivity (Wildman–Crippen MR) is 126 cm³/mol. The molecule has 0 radical (unpaired) electrons. The van der Waals surface area contributed by atoms with Crippen LogP contribution in [0.2, 0.25) is 0 Å². The standard InChI is InChI=1S/C25H25N7O/c1-18-24(23(33)17-30-12-4-3-5-13-30)25-22(32(18)21-8-6-20(26-2)7-9-21)14-19(15-27-25)16-31-28-10-11-29-31/h6-11,14-15H,3-5,12-13,16-17H2,1H3. The second-order valence-electron chi connectivity index (χ2n) is 8.45. The molecular formula is C25H25N7O. The molecule has 1 fully saturated rings. The molecule has 0 spiro atoms. The monoisotopic (exact) mass is 439 g/mol. The summed E-state index contributed by atoms with van der Waals surface area (Å²) in [6, 6.07) is 9.49. The van der Waals surface area contributed by atoms with E-state index in [1.807, 2.05) is 19.1 Å². The van der Waals surface area contributed by atoms with Gasteiger partial charge in [-0.2, -0.15) is 15.0 Å². The number of pyridine rings is 1. The van der Waals surface area contributed by atoms with Crippen molar-refractivity contribution in [3.05, 3.63) is 77.2 Å². The largest absolute Gasteiger partial charge is 0.312 e. The first-order chi connectivity index (χ1) is 16.1. The first-order valence-electron chi connectivity index (χ1n) is 11.2. The summed E-state index contributed by atoms with van der Waals surface area (Å²) in [6.45, 7) is 12.1. The zero-order chi connectivity index (χ0) is 22.8. The van der Waals surface area contributed by atoms with E-state index in [0.717, 1.165) is 48.4 Å². The fraction of sp³-hybridized carbons (Fsp3) is 0.320. The molecule has 5 rings (SSSR count). The van der Waals surface area contributed by atoms with E-state index >= 15 is 0 Å². The third-order valence-electron chi connectivity index (χ3n) is 6.22. The zero-order valence-electron chi connectivity index (χ0n) is 18.6. The maximum absolute atomic E-state index is 13.5. The van der Waals surface area contributed by atoms with E-state index < -0.39 is 0 Å². The molecule has 0 aliphatic carbocycles. The number of fused-ring (bicyclic) bond motifs is 1. The summed E-state index contributed by atoms with van der Waals surface area (Å²) < 4.78 is 2.07. The van der Waals surface area contributed by atoms with E-state index in [1.165, 1.54) is 6.42 Å². The minimum atomic E-state index is 0.102. The molecule has 0 unspecified atom stereocenters. The molecule has 1 saturated heterocycles. The van der Waals surface area contributed by atoms with Crippen molar-refractivity contribution in [2.45, 2.75) is 32.7 Å². The number of carbonyl (C=O) groups is 1. The Kier molecular flexibility index (Phi) is 5.71. The number of ketones is 1. The molecule has 4 aromatic rings. The molecule has 0 N–H and O–H groups in total. The first-order valence-corrected chi connectivity index (χ1v) is 11.2. The average molecular weight is 440 g/mol. The van der Waals surface area contributed by atoms with Gasteiger partial charge in [0.25, 0.3) is 0 Å². The Morgan fingerprint density at radius 1 is 1.09 bits per heavy atom. The van der Waals surface area contributed by atoms with Gasteiger partial charge in [-0.1, -0.05) is 18.6 Å². The van der Waals surface area contributed by atoms with Crippen molar-refractivity contribution in [3.63, 3.8) is 0 Å². The number of carbonyl (C=O) groups excluding carboxylic acids is 1. The number of hydrogen-bond donors (Lipinski definition) is 0. The van der Waals surface area contributed by atoms with Gasteiger partial charge in [-0.05, 0) is 56.6 Å². The van der Waals surface area contributed by atoms with Crippen molar-refractivity contribution in [2.24, 2.45) is 0 Å². The van der Waals surface area contributed by atoms with Gasteiger partial charge >= 0.3 is 0 Å². The molecule has 8 heteroatoms. The molecule has 4 heterocycles. The summed E-state index contributed by atoms with van der Waals surface area (Å²) in [4.78, 5) is 25.6. The lowest BCUT2D eigenvalue weighted by molar-refractivity contribution is 0.0916. The van der Waals surface area contributed by atoms with Crippen LogP contribution in [0.3, 0.4) is 0 Å². The summed E-state index contributed by atoms with van der Waals surface area (Å²) >= 11 is 0. The van der Waals surface area contributed by atoms with E-state index in [4.69, 9.17) is 11.6 Å². The van der Waals surface area contributed by atoms with Crippen LogP contribution in [0, 0.1) is 13.5 Å². The molecule has 3 aromatic heterocycles. The molecule has 0 bridgehead atoms. The number of Topliss-reactive ketones (excluding diaryl/α,β-unsaturated/α-hetero) is 1. The summed E-state index contributed by atoms with van der Waals surface area (Å²) in [6.07, 6.45) is 8.62. The highest BCUT2D eigenvalue weighted by molar-refractivity contribution is 6.09. The number of likely N-dealkylation sites (tertiary alicyclic amines) is 1. The molecule has 0 saturated carbocycles. The molecule has 1 aliphatic heterocycles. The minimum Gasteiger partial charge on any atom is -0.312 e. The fourth-order valence-corrected chi connectivity index (χ4v) is 4.64. The van der Waals surface area contributed by atoms with Crippen LogP contribution in [0.5, 0.6) is 0 Å². The summed E-state index contributed by atoms with van der Waals surface area (Å²) in [5.74, 6) is 0.102. The molecule has 8 nitrogen and oxygen atoms in total. The zero-order valence-corrected chi connectivity index (χ0v) is 18.6. The smallest absolute Gasteiger partial charge is 0.187 e. The van der Waals surface area contributed by atoms with Gasteiger partial charge in [-0.3, -0.25) is 14.7 Å². The van der Waals surface area contributed by atoms with E-state index in [0.29, 0.717) is 29.9 Å². The lowest BCUT2D eigenvalue weighted by atomic mass is 10.1. The third-order valence-corrected chi connectivity index (χ3v) is 6.22. The Balaban J connectivity index is 1.60. The Bertz CT molecular complexity index is 1320. The van der Waals surface area contributed by atoms with Crippen molar-refractivity contribution < 1.29 is 4.79 Å². The van der Waals surface area contributed by atoms with Crippen LogP contribution in [-0.2, 0) is 6.54 Å². The number of benzene rings is 1. The SMILES string of the molecule is [C-]#[N+]c1ccc(-n2c(C)c(C(=O)CN3CCCCC3)c3ncc(Cn4nccn4)cc32)cc1. The van der Waals surface area contributed by atoms with Gasteiger partial charge in [0.2, 0.25) is 0 Å². The van der Waals surface area contributed by atoms with Crippen molar-refractivity contribution in [2.75, 3.05) is 19.6 Å². The van der Waals surface area contributed by atoms with E-state index in [1.54, 1.807) is 35.5 Å². The second-order valence-corrected chi connectivity index (χ2v) is 8.45. The van der Waals surface area contributed by atoms with Gasteiger partial charge in [0, 0.05) is 17.6 Å². The Morgan fingerprint density at radius 3 is 2.52 bits per heavy atom. The number of aromatic nitrogens is 5. The molecule has 0 amide bonds. The van der Waals surface area contributed by atoms with E-state index in [2.05, 4.69) is 30.6 Å². The van der Waals surface area contributed by atoms with E-state index in [9.17, 15) is 4.79 Å². The maximum Gasteiger partial charge on any atom is 0.187 e. The van der Waals surface area contributed by atoms with Gasteiger partial charge < -0.3 is 4.57 Å². The molecule has 1 aromatic carbocycles. The van der Waals surface area contributed by atoms with Crippen LogP contribution in [0.1, 0.15) is 40.9 Å². The Morgan fingerprint density at radius 2 is 1.82 bits per heavy atom. The third kappa shape index (κ3) is 4.15. The van der Waals surface area contributed by atoms with Crippen molar-refractivity contribution in [1.29, 1.82) is 0 Å². The second kappa shape index (κ2) is 8.96. The van der Waals surface area contributed by atoms with Gasteiger partial charge in [-0.25, -0.2) is 4.85 Å². The summed E-state index contributed by atoms with van der Waals surface area (Å²) in [7, 11) is 0. The normalized spacial score (nSPS) is 14.4. The van der Waals surface area contributed by atoms with Crippen LogP contribution >= 0.6 is 0 Å². The minimum absolute atomic E-state index is 0.102. The van der Waals surface area contributed by atoms with Crippen molar-refractivity contribution >= 4 is 22.5 Å². The quantitative estimate of drug-likeness (QED) is 0.333. The first kappa shape index (κ1) is 21.0. The molecule has 33 heavy (non-hydrogen) atoms. The van der Waals surface area contributed by atoms with Crippen molar-refractivity contribution in [1.82, 2.24) is 29.4 Å². The van der Waals surface area contributed by atoms with Crippen molar-refractivity contribution in [3.8, 4) is 5.69 Å². The highest BCUT2D eigenvalue weighted by Gasteiger charge is 2.24. The lowest BCUT2D eigenvalue weighted by Crippen LogP contribution is -2.34. The fourth-order valence-electron chi connectivity index (χ4n) is 4.64. The summed E-state index contributed by atoms with van der Waals surface area (Å²) in [5.41, 5.74) is 5.55. The number of rotatable bonds is 6. The Hall–Kier alpha value is -3.83.